The van der Waals surface area contributed by atoms with Crippen LogP contribution in [-0.2, 0) is 0 Å². The summed E-state index contributed by atoms with van der Waals surface area (Å²) in [5.41, 5.74) is 2.25. The van der Waals surface area contributed by atoms with E-state index in [1.54, 1.807) is 12.1 Å². The van der Waals surface area contributed by atoms with Gasteiger partial charge in [-0.2, -0.15) is 0 Å². The second-order valence-corrected chi connectivity index (χ2v) is 6.36. The minimum absolute atomic E-state index is 0.0878. The van der Waals surface area contributed by atoms with E-state index >= 15 is 0 Å². The molecule has 3 heteroatoms. The lowest BCUT2D eigenvalue weighted by molar-refractivity contribution is 0.505. The van der Waals surface area contributed by atoms with Gasteiger partial charge >= 0.3 is 0 Å². The van der Waals surface area contributed by atoms with Gasteiger partial charge in [-0.1, -0.05) is 37.3 Å². The lowest BCUT2D eigenvalue weighted by Crippen LogP contribution is -2.02. The van der Waals surface area contributed by atoms with Gasteiger partial charge in [-0.3, -0.25) is 0 Å². The van der Waals surface area contributed by atoms with Crippen LogP contribution in [0.4, 0.5) is 13.2 Å². The van der Waals surface area contributed by atoms with Gasteiger partial charge in [-0.15, -0.1) is 0 Å². The third-order valence-corrected chi connectivity index (χ3v) is 4.57. The Bertz CT molecular complexity index is 775. The fraction of sp³-hybridized carbons (Fsp3) is 0.300. The highest BCUT2D eigenvalue weighted by Crippen LogP contribution is 2.34. The molecule has 1 aliphatic carbocycles. The fourth-order valence-electron chi connectivity index (χ4n) is 3.02. The standard InChI is InChI=1S/C20H19F3/c1-12-3-6-14(7-4-12)16-10-8-15(11-18(16)21)17-9-5-13(2)19(22)20(17)23/h5-6,8-12H,3-4,7H2,1-2H3. The Morgan fingerprint density at radius 2 is 1.70 bits per heavy atom. The molecular weight excluding hydrogens is 297 g/mol. The number of hydrogen-bond donors (Lipinski definition) is 0. The quantitative estimate of drug-likeness (QED) is 0.611. The highest BCUT2D eigenvalue weighted by molar-refractivity contribution is 5.72. The van der Waals surface area contributed by atoms with Crippen molar-refractivity contribution in [3.63, 3.8) is 0 Å². The maximum atomic E-state index is 14.5. The molecule has 1 unspecified atom stereocenters. The first-order valence-corrected chi connectivity index (χ1v) is 7.91. The van der Waals surface area contributed by atoms with Gasteiger partial charge in [-0.25, -0.2) is 13.2 Å². The molecule has 0 bridgehead atoms. The molecule has 0 amide bonds. The monoisotopic (exact) mass is 316 g/mol. The van der Waals surface area contributed by atoms with Gasteiger partial charge in [0.25, 0.3) is 0 Å². The summed E-state index contributed by atoms with van der Waals surface area (Å²) in [5, 5.41) is 0. The van der Waals surface area contributed by atoms with Gasteiger partial charge in [0, 0.05) is 11.1 Å². The molecule has 1 atom stereocenters. The lowest BCUT2D eigenvalue weighted by atomic mass is 9.87. The van der Waals surface area contributed by atoms with Crippen molar-refractivity contribution in [1.82, 2.24) is 0 Å². The van der Waals surface area contributed by atoms with Gasteiger partial charge in [0.1, 0.15) is 5.82 Å². The molecule has 0 fully saturated rings. The highest BCUT2D eigenvalue weighted by atomic mass is 19.2. The molecule has 2 aromatic rings. The molecule has 23 heavy (non-hydrogen) atoms. The van der Waals surface area contributed by atoms with Gasteiger partial charge in [0.2, 0.25) is 0 Å². The Hall–Kier alpha value is -2.03. The molecule has 0 nitrogen and oxygen atoms in total. The Balaban J connectivity index is 1.99. The van der Waals surface area contributed by atoms with E-state index in [0.717, 1.165) is 24.8 Å². The smallest absolute Gasteiger partial charge is 0.166 e. The fourth-order valence-corrected chi connectivity index (χ4v) is 3.02. The van der Waals surface area contributed by atoms with E-state index in [1.165, 1.54) is 25.1 Å². The molecule has 120 valence electrons. The van der Waals surface area contributed by atoms with Crippen LogP contribution < -0.4 is 0 Å². The molecule has 0 spiro atoms. The zero-order valence-electron chi connectivity index (χ0n) is 13.3. The van der Waals surface area contributed by atoms with Crippen molar-refractivity contribution in [2.75, 3.05) is 0 Å². The molecule has 0 N–H and O–H groups in total. The van der Waals surface area contributed by atoms with Crippen LogP contribution in [0.15, 0.2) is 36.4 Å². The summed E-state index contributed by atoms with van der Waals surface area (Å²) in [6.45, 7) is 3.68. The molecule has 1 aliphatic rings. The Labute approximate surface area is 134 Å². The van der Waals surface area contributed by atoms with Crippen LogP contribution >= 0.6 is 0 Å². The van der Waals surface area contributed by atoms with Crippen molar-refractivity contribution in [3.8, 4) is 11.1 Å². The number of benzene rings is 2. The minimum Gasteiger partial charge on any atom is -0.206 e. The summed E-state index contributed by atoms with van der Waals surface area (Å²) < 4.78 is 42.2. The van der Waals surface area contributed by atoms with Gasteiger partial charge < -0.3 is 0 Å². The normalized spacial score (nSPS) is 18.0. The van der Waals surface area contributed by atoms with Gasteiger partial charge in [-0.05, 0) is 54.9 Å². The second kappa shape index (κ2) is 6.23. The number of aryl methyl sites for hydroxylation is 1. The maximum absolute atomic E-state index is 14.5. The van der Waals surface area contributed by atoms with Crippen LogP contribution in [0.3, 0.4) is 0 Å². The van der Waals surface area contributed by atoms with Crippen LogP contribution in [0.1, 0.15) is 37.3 Å². The summed E-state index contributed by atoms with van der Waals surface area (Å²) in [5.74, 6) is -1.56. The average molecular weight is 316 g/mol. The van der Waals surface area contributed by atoms with Crippen LogP contribution in [0, 0.1) is 30.3 Å². The molecular formula is C20H19F3. The summed E-state index contributed by atoms with van der Waals surface area (Å²) in [6.07, 6.45) is 4.93. The molecule has 0 aliphatic heterocycles. The largest absolute Gasteiger partial charge is 0.206 e. The summed E-state index contributed by atoms with van der Waals surface area (Å²) in [4.78, 5) is 0. The van der Waals surface area contributed by atoms with Gasteiger partial charge in [0.15, 0.2) is 11.6 Å². The molecule has 2 aromatic carbocycles. The number of allylic oxidation sites excluding steroid dienone is 2. The number of hydrogen-bond acceptors (Lipinski definition) is 0. The van der Waals surface area contributed by atoms with Crippen molar-refractivity contribution in [2.24, 2.45) is 5.92 Å². The first-order chi connectivity index (χ1) is 11.0. The van der Waals surface area contributed by atoms with Crippen molar-refractivity contribution in [2.45, 2.75) is 33.1 Å². The maximum Gasteiger partial charge on any atom is 0.166 e. The van der Waals surface area contributed by atoms with E-state index in [2.05, 4.69) is 13.0 Å². The van der Waals surface area contributed by atoms with E-state index in [0.29, 0.717) is 17.0 Å². The lowest BCUT2D eigenvalue weighted by Gasteiger charge is -2.19. The van der Waals surface area contributed by atoms with Crippen LogP contribution in [0.25, 0.3) is 16.7 Å². The van der Waals surface area contributed by atoms with Crippen LogP contribution in [-0.4, -0.2) is 0 Å². The first kappa shape index (κ1) is 15.9. The number of rotatable bonds is 2. The zero-order valence-corrected chi connectivity index (χ0v) is 13.3. The molecule has 0 saturated heterocycles. The second-order valence-electron chi connectivity index (χ2n) is 6.36. The molecule has 3 rings (SSSR count). The van der Waals surface area contributed by atoms with Crippen LogP contribution in [0.5, 0.6) is 0 Å². The third-order valence-electron chi connectivity index (χ3n) is 4.57. The van der Waals surface area contributed by atoms with E-state index in [-0.39, 0.29) is 16.9 Å². The summed E-state index contributed by atoms with van der Waals surface area (Å²) >= 11 is 0. The first-order valence-electron chi connectivity index (χ1n) is 7.91. The predicted octanol–water partition coefficient (Wildman–Crippen LogP) is 6.28. The van der Waals surface area contributed by atoms with E-state index in [1.807, 2.05) is 0 Å². The molecule has 0 aromatic heterocycles. The van der Waals surface area contributed by atoms with Gasteiger partial charge in [0.05, 0.1) is 0 Å². The summed E-state index contributed by atoms with van der Waals surface area (Å²) in [6, 6.07) is 7.62. The third kappa shape index (κ3) is 3.05. The zero-order chi connectivity index (χ0) is 16.6. The Kier molecular flexibility index (Phi) is 4.29. The average Bonchev–Trinajstić information content (AvgIpc) is 2.54. The topological polar surface area (TPSA) is 0 Å². The van der Waals surface area contributed by atoms with E-state index < -0.39 is 11.6 Å². The molecule has 0 radical (unpaired) electrons. The minimum atomic E-state index is -0.928. The Morgan fingerprint density at radius 1 is 0.957 bits per heavy atom. The molecule has 0 saturated carbocycles. The predicted molar refractivity (Wildman–Crippen MR) is 87.5 cm³/mol. The summed E-state index contributed by atoms with van der Waals surface area (Å²) in [7, 11) is 0. The van der Waals surface area contributed by atoms with Crippen molar-refractivity contribution >= 4 is 5.57 Å². The van der Waals surface area contributed by atoms with E-state index in [4.69, 9.17) is 0 Å². The highest BCUT2D eigenvalue weighted by Gasteiger charge is 2.17. The van der Waals surface area contributed by atoms with E-state index in [9.17, 15) is 13.2 Å². The number of halogens is 3. The molecule has 0 heterocycles. The van der Waals surface area contributed by atoms with Crippen molar-refractivity contribution in [3.05, 3.63) is 65.0 Å². The van der Waals surface area contributed by atoms with Crippen molar-refractivity contribution in [1.29, 1.82) is 0 Å². The Morgan fingerprint density at radius 3 is 2.35 bits per heavy atom. The van der Waals surface area contributed by atoms with Crippen molar-refractivity contribution < 1.29 is 13.2 Å². The SMILES string of the molecule is Cc1ccc(-c2ccc(C3=CCC(C)CC3)c(F)c2)c(F)c1F. The van der Waals surface area contributed by atoms with Crippen LogP contribution in [0.2, 0.25) is 0 Å².